The number of amides is 2. The van der Waals surface area contributed by atoms with E-state index in [4.69, 9.17) is 11.6 Å². The zero-order chi connectivity index (χ0) is 22.7. The number of likely N-dealkylation sites (N-methyl/N-ethyl adjacent to an activating group) is 1. The number of halogens is 1. The minimum atomic E-state index is -0.574. The van der Waals surface area contributed by atoms with Crippen LogP contribution in [0.1, 0.15) is 24.2 Å². The van der Waals surface area contributed by atoms with Crippen LogP contribution in [0.15, 0.2) is 47.5 Å². The fourth-order valence-corrected chi connectivity index (χ4v) is 3.12. The van der Waals surface area contributed by atoms with Crippen LogP contribution in [0.4, 0.5) is 0 Å². The van der Waals surface area contributed by atoms with Crippen molar-refractivity contribution in [2.45, 2.75) is 19.9 Å². The Labute approximate surface area is 184 Å². The minimum absolute atomic E-state index is 0.0684. The first-order valence-corrected chi connectivity index (χ1v) is 9.95. The zero-order valence-electron chi connectivity index (χ0n) is 17.7. The van der Waals surface area contributed by atoms with Crippen LogP contribution in [0, 0.1) is 0 Å². The highest BCUT2D eigenvalue weighted by atomic mass is 35.5. The number of aromatic nitrogens is 4. The van der Waals surface area contributed by atoms with E-state index in [1.165, 1.54) is 28.8 Å². The Balaban J connectivity index is 2.03. The Bertz CT molecular complexity index is 1170. The molecule has 1 atom stereocenters. The number of benzene rings is 1. The van der Waals surface area contributed by atoms with Crippen molar-refractivity contribution in [2.75, 3.05) is 13.6 Å². The summed E-state index contributed by atoms with van der Waals surface area (Å²) in [4.78, 5) is 39.0. The normalized spacial score (nSPS) is 11.8. The predicted octanol–water partition coefficient (Wildman–Crippen LogP) is 1.88. The summed E-state index contributed by atoms with van der Waals surface area (Å²) in [6.07, 6.45) is 3.12. The van der Waals surface area contributed by atoms with Gasteiger partial charge in [-0.05, 0) is 25.1 Å². The van der Waals surface area contributed by atoms with E-state index in [1.807, 2.05) is 0 Å². The highest BCUT2D eigenvalue weighted by molar-refractivity contribution is 6.30. The molecule has 3 rings (SSSR count). The van der Waals surface area contributed by atoms with E-state index in [0.717, 1.165) is 4.68 Å². The Hall–Kier alpha value is -3.46. The van der Waals surface area contributed by atoms with Gasteiger partial charge in [-0.1, -0.05) is 23.7 Å². The Morgan fingerprint density at radius 3 is 2.52 bits per heavy atom. The molecule has 1 aromatic carbocycles. The smallest absolute Gasteiger partial charge is 0.284 e. The molecule has 31 heavy (non-hydrogen) atoms. The number of carbonyl (C=O) groups is 2. The Morgan fingerprint density at radius 2 is 1.94 bits per heavy atom. The monoisotopic (exact) mass is 442 g/mol. The summed E-state index contributed by atoms with van der Waals surface area (Å²) in [6, 6.07) is 8.02. The quantitative estimate of drug-likeness (QED) is 0.628. The average Bonchev–Trinajstić information content (AvgIpc) is 3.14. The van der Waals surface area contributed by atoms with Gasteiger partial charge in [0.2, 0.25) is 5.91 Å². The minimum Gasteiger partial charge on any atom is -0.348 e. The summed E-state index contributed by atoms with van der Waals surface area (Å²) in [5, 5.41) is 11.8. The van der Waals surface area contributed by atoms with Gasteiger partial charge in [0.15, 0.2) is 0 Å². The van der Waals surface area contributed by atoms with E-state index in [-0.39, 0.29) is 17.5 Å². The lowest BCUT2D eigenvalue weighted by Gasteiger charge is -2.21. The number of nitrogens with zero attached hydrogens (tertiary/aromatic N) is 5. The number of aryl methyl sites for hydroxylation is 1. The van der Waals surface area contributed by atoms with Crippen LogP contribution in [0.5, 0.6) is 0 Å². The first-order valence-electron chi connectivity index (χ1n) is 9.57. The third-order valence-electron chi connectivity index (χ3n) is 4.69. The number of rotatable bonds is 6. The van der Waals surface area contributed by atoms with Gasteiger partial charge < -0.3 is 10.2 Å². The van der Waals surface area contributed by atoms with Gasteiger partial charge in [0, 0.05) is 44.2 Å². The third-order valence-corrected chi connectivity index (χ3v) is 4.95. The molecule has 0 saturated heterocycles. The number of hydrogen-bond acceptors (Lipinski definition) is 5. The molecule has 0 radical (unpaired) electrons. The van der Waals surface area contributed by atoms with E-state index in [1.54, 1.807) is 51.5 Å². The second-order valence-corrected chi connectivity index (χ2v) is 7.75. The first-order chi connectivity index (χ1) is 14.7. The van der Waals surface area contributed by atoms with Gasteiger partial charge in [-0.25, -0.2) is 0 Å². The number of hydrogen-bond donors (Lipinski definition) is 1. The maximum atomic E-state index is 13.1. The molecule has 0 saturated carbocycles. The third kappa shape index (κ3) is 5.18. The summed E-state index contributed by atoms with van der Waals surface area (Å²) in [6.45, 7) is 3.52. The van der Waals surface area contributed by atoms with Gasteiger partial charge in [0.05, 0.1) is 18.1 Å². The maximum absolute atomic E-state index is 13.1. The highest BCUT2D eigenvalue weighted by Gasteiger charge is 2.20. The van der Waals surface area contributed by atoms with Crippen LogP contribution in [-0.2, 0) is 11.8 Å². The van der Waals surface area contributed by atoms with Gasteiger partial charge in [-0.2, -0.15) is 14.9 Å². The highest BCUT2D eigenvalue weighted by Crippen LogP contribution is 2.20. The van der Waals surface area contributed by atoms with Crippen molar-refractivity contribution in [1.82, 2.24) is 29.8 Å². The van der Waals surface area contributed by atoms with E-state index in [2.05, 4.69) is 15.5 Å². The topological polar surface area (TPSA) is 102 Å². The molecule has 0 spiro atoms. The average molecular weight is 443 g/mol. The summed E-state index contributed by atoms with van der Waals surface area (Å²) in [5.41, 5.74) is 0.914. The summed E-state index contributed by atoms with van der Waals surface area (Å²) in [5.74, 6) is -0.668. The van der Waals surface area contributed by atoms with Crippen LogP contribution >= 0.6 is 11.6 Å². The van der Waals surface area contributed by atoms with Crippen LogP contribution < -0.4 is 10.9 Å². The molecule has 2 aromatic heterocycles. The van der Waals surface area contributed by atoms with E-state index in [0.29, 0.717) is 28.5 Å². The van der Waals surface area contributed by atoms with Crippen molar-refractivity contribution in [3.8, 4) is 16.9 Å². The Morgan fingerprint density at radius 1 is 1.26 bits per heavy atom. The molecular formula is C21H23ClN6O3. The fraction of sp³-hybridized carbons (Fsp3) is 0.286. The van der Waals surface area contributed by atoms with E-state index >= 15 is 0 Å². The van der Waals surface area contributed by atoms with Crippen molar-refractivity contribution >= 4 is 23.4 Å². The predicted molar refractivity (Wildman–Crippen MR) is 117 cm³/mol. The molecule has 9 nitrogen and oxygen atoms in total. The van der Waals surface area contributed by atoms with Gasteiger partial charge in [0.25, 0.3) is 11.5 Å². The van der Waals surface area contributed by atoms with Crippen molar-refractivity contribution in [1.29, 1.82) is 0 Å². The lowest BCUT2D eigenvalue weighted by atomic mass is 10.1. The second kappa shape index (κ2) is 9.13. The largest absolute Gasteiger partial charge is 0.348 e. The molecule has 3 aromatic rings. The van der Waals surface area contributed by atoms with Crippen LogP contribution in [0.3, 0.4) is 0 Å². The lowest BCUT2D eigenvalue weighted by molar-refractivity contribution is -0.127. The molecule has 0 aliphatic carbocycles. The second-order valence-electron chi connectivity index (χ2n) is 7.31. The molecule has 162 valence electrons. The molecule has 0 fully saturated rings. The van der Waals surface area contributed by atoms with Crippen LogP contribution in [-0.4, -0.2) is 55.9 Å². The van der Waals surface area contributed by atoms with Crippen LogP contribution in [0.25, 0.3) is 16.9 Å². The standard InChI is InChI=1S/C21H23ClN6O3/c1-13(11-26(3)14(2)29)24-20(30)18-9-19(15-5-7-16(22)8-6-15)25-28(21(18)31)17-10-23-27(4)12-17/h5-10,12-13H,11H2,1-4H3,(H,24,30). The molecule has 2 amide bonds. The van der Waals surface area contributed by atoms with Gasteiger partial charge in [-0.15, -0.1) is 0 Å². The molecule has 0 aliphatic rings. The van der Waals surface area contributed by atoms with Crippen molar-refractivity contribution < 1.29 is 9.59 Å². The van der Waals surface area contributed by atoms with Crippen molar-refractivity contribution in [3.63, 3.8) is 0 Å². The van der Waals surface area contributed by atoms with E-state index < -0.39 is 11.5 Å². The molecule has 1 unspecified atom stereocenters. The van der Waals surface area contributed by atoms with Crippen molar-refractivity contribution in [2.24, 2.45) is 7.05 Å². The molecule has 10 heteroatoms. The van der Waals surface area contributed by atoms with Gasteiger partial charge in [0.1, 0.15) is 11.3 Å². The number of carbonyl (C=O) groups excluding carboxylic acids is 2. The molecule has 0 bridgehead atoms. The van der Waals surface area contributed by atoms with Crippen LogP contribution in [0.2, 0.25) is 5.02 Å². The molecule has 1 N–H and O–H groups in total. The lowest BCUT2D eigenvalue weighted by Crippen LogP contribution is -2.44. The van der Waals surface area contributed by atoms with Gasteiger partial charge in [-0.3, -0.25) is 19.1 Å². The Kier molecular flexibility index (Phi) is 6.55. The number of nitrogens with one attached hydrogen (secondary N) is 1. The zero-order valence-corrected chi connectivity index (χ0v) is 18.4. The first kappa shape index (κ1) is 22.2. The van der Waals surface area contributed by atoms with Crippen molar-refractivity contribution in [3.05, 3.63) is 63.7 Å². The summed E-state index contributed by atoms with van der Waals surface area (Å²) in [7, 11) is 3.36. The fourth-order valence-electron chi connectivity index (χ4n) is 3.00. The van der Waals surface area contributed by atoms with E-state index in [9.17, 15) is 14.4 Å². The molecule has 2 heterocycles. The molecule has 0 aliphatic heterocycles. The molecular weight excluding hydrogens is 420 g/mol. The summed E-state index contributed by atoms with van der Waals surface area (Å²) < 4.78 is 2.69. The maximum Gasteiger partial charge on any atom is 0.284 e. The summed E-state index contributed by atoms with van der Waals surface area (Å²) >= 11 is 5.98. The SMILES string of the molecule is CC(=O)N(C)CC(C)NC(=O)c1cc(-c2ccc(Cl)cc2)nn(-c2cnn(C)c2)c1=O. The van der Waals surface area contributed by atoms with Gasteiger partial charge >= 0.3 is 0 Å².